The summed E-state index contributed by atoms with van der Waals surface area (Å²) >= 11 is 6.45. The number of allylic oxidation sites excluding steroid dienone is 2. The molecule has 1 heterocycles. The molecule has 0 saturated carbocycles. The lowest BCUT2D eigenvalue weighted by Gasteiger charge is -2.42. The standard InChI is InChI=1S/C29H24ClN3O4/c1-17-10-13-21(16-22(17)30)32-23-8-5-9-24(34)26(23)25(18-11-14-20(15-12-18)33(36)37)27(29(32)31)28(35)19-6-3-2-4-7-19/h2-4,6-7,10-16,25,31,35H,5,8-9H2,1H3. The molecule has 1 atom stereocenters. The molecule has 186 valence electrons. The minimum Gasteiger partial charge on any atom is -0.507 e. The van der Waals surface area contributed by atoms with Gasteiger partial charge in [0.25, 0.3) is 5.69 Å². The molecule has 0 fully saturated rings. The van der Waals surface area contributed by atoms with E-state index in [1.165, 1.54) is 12.1 Å². The van der Waals surface area contributed by atoms with E-state index in [2.05, 4.69) is 0 Å². The van der Waals surface area contributed by atoms with Crippen molar-refractivity contribution in [2.75, 3.05) is 4.90 Å². The summed E-state index contributed by atoms with van der Waals surface area (Å²) in [5.74, 6) is -0.924. The average molecular weight is 514 g/mol. The Hall–Kier alpha value is -4.23. The molecule has 0 saturated heterocycles. The van der Waals surface area contributed by atoms with Crippen molar-refractivity contribution in [3.05, 3.63) is 121 Å². The summed E-state index contributed by atoms with van der Waals surface area (Å²) in [6.07, 6.45) is 1.55. The van der Waals surface area contributed by atoms with Crippen molar-refractivity contribution in [2.24, 2.45) is 0 Å². The third-order valence-electron chi connectivity index (χ3n) is 6.91. The Morgan fingerprint density at radius 1 is 1.08 bits per heavy atom. The van der Waals surface area contributed by atoms with Crippen LogP contribution in [-0.2, 0) is 4.79 Å². The number of Topliss-reactive ketones (excluding diaryl/α,β-unsaturated/α-hetero) is 1. The predicted molar refractivity (Wildman–Crippen MR) is 144 cm³/mol. The van der Waals surface area contributed by atoms with Crippen molar-refractivity contribution in [3.63, 3.8) is 0 Å². The maximum atomic E-state index is 13.5. The first-order valence-electron chi connectivity index (χ1n) is 11.9. The van der Waals surface area contributed by atoms with Gasteiger partial charge in [-0.3, -0.25) is 25.2 Å². The van der Waals surface area contributed by atoms with Gasteiger partial charge in [-0.2, -0.15) is 0 Å². The number of ketones is 1. The second kappa shape index (κ2) is 9.67. The van der Waals surface area contributed by atoms with Gasteiger partial charge in [-0.05, 0) is 43.0 Å². The number of non-ortho nitro benzene ring substituents is 1. The Balaban J connectivity index is 1.81. The molecule has 0 bridgehead atoms. The van der Waals surface area contributed by atoms with Crippen molar-refractivity contribution in [3.8, 4) is 0 Å². The highest BCUT2D eigenvalue weighted by Crippen LogP contribution is 2.48. The monoisotopic (exact) mass is 513 g/mol. The molecule has 5 rings (SSSR count). The topological polar surface area (TPSA) is 108 Å². The van der Waals surface area contributed by atoms with Gasteiger partial charge in [-0.15, -0.1) is 0 Å². The average Bonchev–Trinajstić information content (AvgIpc) is 2.90. The highest BCUT2D eigenvalue weighted by Gasteiger charge is 2.43. The number of aliphatic hydroxyl groups is 1. The second-order valence-electron chi connectivity index (χ2n) is 9.16. The molecule has 0 spiro atoms. The first kappa shape index (κ1) is 24.5. The van der Waals surface area contributed by atoms with Gasteiger partial charge in [-0.25, -0.2) is 0 Å². The third kappa shape index (κ3) is 4.32. The fraction of sp³-hybridized carbons (Fsp3) is 0.172. The number of aliphatic hydroxyl groups excluding tert-OH is 1. The van der Waals surface area contributed by atoms with E-state index in [9.17, 15) is 25.4 Å². The molecule has 1 aliphatic carbocycles. The number of rotatable bonds is 4. The van der Waals surface area contributed by atoms with Crippen molar-refractivity contribution in [2.45, 2.75) is 32.1 Å². The van der Waals surface area contributed by atoms with Crippen LogP contribution < -0.4 is 4.90 Å². The molecular formula is C29H24ClN3O4. The predicted octanol–water partition coefficient (Wildman–Crippen LogP) is 7.11. The zero-order valence-corrected chi connectivity index (χ0v) is 20.8. The Morgan fingerprint density at radius 3 is 2.43 bits per heavy atom. The summed E-state index contributed by atoms with van der Waals surface area (Å²) in [6.45, 7) is 1.89. The van der Waals surface area contributed by atoms with Crippen LogP contribution in [0.2, 0.25) is 5.02 Å². The highest BCUT2D eigenvalue weighted by molar-refractivity contribution is 6.32. The smallest absolute Gasteiger partial charge is 0.269 e. The number of hydrogen-bond donors (Lipinski definition) is 2. The highest BCUT2D eigenvalue weighted by atomic mass is 35.5. The molecule has 0 amide bonds. The van der Waals surface area contributed by atoms with Gasteiger partial charge < -0.3 is 5.11 Å². The fourth-order valence-electron chi connectivity index (χ4n) is 5.07. The normalized spacial score (nSPS) is 19.1. The number of aryl methyl sites for hydroxylation is 1. The van der Waals surface area contributed by atoms with Gasteiger partial charge in [0.05, 0.1) is 4.92 Å². The Kier molecular flexibility index (Phi) is 6.39. The minimum atomic E-state index is -0.756. The summed E-state index contributed by atoms with van der Waals surface area (Å²) < 4.78 is 0. The van der Waals surface area contributed by atoms with Gasteiger partial charge in [0, 0.05) is 57.6 Å². The number of halogens is 1. The molecular weight excluding hydrogens is 490 g/mol. The van der Waals surface area contributed by atoms with Crippen molar-refractivity contribution >= 4 is 40.4 Å². The number of anilines is 1. The number of carbonyl (C=O) groups excluding carboxylic acids is 1. The molecule has 1 unspecified atom stereocenters. The lowest BCUT2D eigenvalue weighted by atomic mass is 9.73. The lowest BCUT2D eigenvalue weighted by molar-refractivity contribution is -0.384. The van der Waals surface area contributed by atoms with E-state index in [0.29, 0.717) is 52.4 Å². The van der Waals surface area contributed by atoms with Crippen LogP contribution in [-0.4, -0.2) is 21.6 Å². The SMILES string of the molecule is Cc1ccc(N2C(=N)C(=C(O)c3ccccc3)C(c3ccc([N+](=O)[O-])cc3)C3=C2CCCC3=O)cc1Cl. The largest absolute Gasteiger partial charge is 0.507 e. The van der Waals surface area contributed by atoms with E-state index < -0.39 is 10.8 Å². The van der Waals surface area contributed by atoms with Crippen LogP contribution in [0.15, 0.2) is 89.6 Å². The number of nitrogens with zero attached hydrogens (tertiary/aromatic N) is 2. The van der Waals surface area contributed by atoms with Crippen LogP contribution in [0.4, 0.5) is 11.4 Å². The molecule has 2 N–H and O–H groups in total. The summed E-state index contributed by atoms with van der Waals surface area (Å²) in [4.78, 5) is 26.0. The van der Waals surface area contributed by atoms with Crippen LogP contribution in [0.5, 0.6) is 0 Å². The van der Waals surface area contributed by atoms with Crippen LogP contribution in [0.3, 0.4) is 0 Å². The van der Waals surface area contributed by atoms with Crippen molar-refractivity contribution in [1.29, 1.82) is 5.41 Å². The Labute approximate surface area is 219 Å². The number of carbonyl (C=O) groups is 1. The molecule has 8 heteroatoms. The van der Waals surface area contributed by atoms with Crippen molar-refractivity contribution < 1.29 is 14.8 Å². The first-order valence-corrected chi connectivity index (χ1v) is 12.3. The quantitative estimate of drug-likeness (QED) is 0.219. The van der Waals surface area contributed by atoms with Crippen LogP contribution in [0.1, 0.15) is 41.9 Å². The number of nitro benzene ring substituents is 1. The molecule has 7 nitrogen and oxygen atoms in total. The second-order valence-corrected chi connectivity index (χ2v) is 9.57. The zero-order chi connectivity index (χ0) is 26.3. The third-order valence-corrected chi connectivity index (χ3v) is 7.32. The number of nitrogens with one attached hydrogen (secondary N) is 1. The molecule has 0 aromatic heterocycles. The number of nitro groups is 1. The van der Waals surface area contributed by atoms with E-state index in [1.807, 2.05) is 25.1 Å². The maximum absolute atomic E-state index is 13.5. The van der Waals surface area contributed by atoms with E-state index in [4.69, 9.17) is 11.6 Å². The summed E-state index contributed by atoms with van der Waals surface area (Å²) in [5.41, 5.74) is 3.97. The van der Waals surface area contributed by atoms with Gasteiger partial charge in [0.15, 0.2) is 5.78 Å². The number of benzene rings is 3. The van der Waals surface area contributed by atoms with Crippen LogP contribution >= 0.6 is 11.6 Å². The molecule has 0 radical (unpaired) electrons. The van der Waals surface area contributed by atoms with Gasteiger partial charge in [0.1, 0.15) is 11.6 Å². The minimum absolute atomic E-state index is 0.0260. The number of hydrogen-bond acceptors (Lipinski definition) is 5. The fourth-order valence-corrected chi connectivity index (χ4v) is 5.25. The van der Waals surface area contributed by atoms with Gasteiger partial charge >= 0.3 is 0 Å². The molecule has 2 aliphatic rings. The maximum Gasteiger partial charge on any atom is 0.269 e. The summed E-state index contributed by atoms with van der Waals surface area (Å²) in [5, 5.41) is 32.7. The summed E-state index contributed by atoms with van der Waals surface area (Å²) in [6, 6.07) is 20.3. The van der Waals surface area contributed by atoms with Gasteiger partial charge in [0.2, 0.25) is 0 Å². The van der Waals surface area contributed by atoms with E-state index in [0.717, 1.165) is 5.56 Å². The van der Waals surface area contributed by atoms with Crippen LogP contribution in [0.25, 0.3) is 5.76 Å². The lowest BCUT2D eigenvalue weighted by Crippen LogP contribution is -2.42. The van der Waals surface area contributed by atoms with E-state index >= 15 is 0 Å². The molecule has 1 aliphatic heterocycles. The van der Waals surface area contributed by atoms with Crippen LogP contribution in [0, 0.1) is 22.4 Å². The molecule has 37 heavy (non-hydrogen) atoms. The van der Waals surface area contributed by atoms with Crippen molar-refractivity contribution in [1.82, 2.24) is 0 Å². The van der Waals surface area contributed by atoms with E-state index in [-0.39, 0.29) is 28.6 Å². The Morgan fingerprint density at radius 2 is 1.78 bits per heavy atom. The molecule has 3 aromatic carbocycles. The van der Waals surface area contributed by atoms with Gasteiger partial charge in [-0.1, -0.05) is 60.1 Å². The van der Waals surface area contributed by atoms with E-state index in [1.54, 1.807) is 47.4 Å². The summed E-state index contributed by atoms with van der Waals surface area (Å²) in [7, 11) is 0. The first-order chi connectivity index (χ1) is 17.8. The molecule has 3 aromatic rings. The Bertz CT molecular complexity index is 1490. The number of amidine groups is 1. The zero-order valence-electron chi connectivity index (χ0n) is 20.1.